The third kappa shape index (κ3) is 3.22. The average molecular weight is 332 g/mol. The zero-order valence-electron chi connectivity index (χ0n) is 14.6. The molecule has 0 N–H and O–H groups in total. The molecule has 4 aromatic carbocycles. The van der Waals surface area contributed by atoms with Crippen LogP contribution < -0.4 is 0 Å². The molecule has 0 unspecified atom stereocenters. The van der Waals surface area contributed by atoms with Crippen molar-refractivity contribution >= 4 is 6.08 Å². The Morgan fingerprint density at radius 1 is 0.462 bits per heavy atom. The van der Waals surface area contributed by atoms with Crippen LogP contribution in [0.5, 0.6) is 0 Å². The minimum atomic E-state index is 1.13. The highest BCUT2D eigenvalue weighted by atomic mass is 14.1. The van der Waals surface area contributed by atoms with Crippen molar-refractivity contribution < 1.29 is 0 Å². The summed E-state index contributed by atoms with van der Waals surface area (Å²) >= 11 is 0. The summed E-state index contributed by atoms with van der Waals surface area (Å²) in [5.74, 6) is 0. The van der Waals surface area contributed by atoms with Crippen LogP contribution in [0.25, 0.3) is 39.5 Å². The molecule has 0 atom stereocenters. The molecule has 0 saturated carbocycles. The molecule has 0 fully saturated rings. The van der Waals surface area contributed by atoms with Gasteiger partial charge in [0.25, 0.3) is 0 Å². The molecule has 4 aromatic rings. The molecule has 0 radical (unpaired) electrons. The molecule has 4 rings (SSSR count). The first-order valence-corrected chi connectivity index (χ1v) is 8.83. The van der Waals surface area contributed by atoms with Gasteiger partial charge in [0.15, 0.2) is 0 Å². The molecule has 0 aliphatic heterocycles. The average Bonchev–Trinajstić information content (AvgIpc) is 2.74. The molecule has 0 aliphatic rings. The van der Waals surface area contributed by atoms with E-state index in [9.17, 15) is 0 Å². The Hall–Kier alpha value is -3.38. The first kappa shape index (κ1) is 16.1. The summed E-state index contributed by atoms with van der Waals surface area (Å²) in [6.07, 6.45) is 1.92. The zero-order chi connectivity index (χ0) is 17.8. The van der Waals surface area contributed by atoms with Crippen LogP contribution in [-0.2, 0) is 0 Å². The van der Waals surface area contributed by atoms with Gasteiger partial charge in [-0.25, -0.2) is 0 Å². The van der Waals surface area contributed by atoms with Crippen molar-refractivity contribution in [1.82, 2.24) is 0 Å². The van der Waals surface area contributed by atoms with Crippen molar-refractivity contribution in [2.45, 2.75) is 0 Å². The van der Waals surface area contributed by atoms with Crippen LogP contribution in [0, 0.1) is 0 Å². The van der Waals surface area contributed by atoms with Crippen LogP contribution in [0.15, 0.2) is 110 Å². The number of rotatable bonds is 4. The molecule has 0 nitrogen and oxygen atoms in total. The maximum atomic E-state index is 3.98. The first-order valence-electron chi connectivity index (χ1n) is 8.83. The van der Waals surface area contributed by atoms with Crippen LogP contribution in [0.4, 0.5) is 0 Å². The second-order valence-corrected chi connectivity index (χ2v) is 6.33. The van der Waals surface area contributed by atoms with Gasteiger partial charge < -0.3 is 0 Å². The van der Waals surface area contributed by atoms with Gasteiger partial charge in [0.2, 0.25) is 0 Å². The van der Waals surface area contributed by atoms with Gasteiger partial charge in [0, 0.05) is 0 Å². The Kier molecular flexibility index (Phi) is 4.49. The molecule has 124 valence electrons. The monoisotopic (exact) mass is 332 g/mol. The minimum absolute atomic E-state index is 1.13. The van der Waals surface area contributed by atoms with Gasteiger partial charge in [-0.1, -0.05) is 97.6 Å². The number of hydrogen-bond acceptors (Lipinski definition) is 0. The lowest BCUT2D eigenvalue weighted by molar-refractivity contribution is 1.55. The van der Waals surface area contributed by atoms with Crippen molar-refractivity contribution in [2.75, 3.05) is 0 Å². The highest BCUT2D eigenvalue weighted by Crippen LogP contribution is 2.35. The van der Waals surface area contributed by atoms with E-state index in [0.717, 1.165) is 5.56 Å². The molecule has 26 heavy (non-hydrogen) atoms. The van der Waals surface area contributed by atoms with Gasteiger partial charge in [0.1, 0.15) is 0 Å². The highest BCUT2D eigenvalue weighted by molar-refractivity contribution is 5.86. The van der Waals surface area contributed by atoms with E-state index in [2.05, 4.69) is 104 Å². The molecule has 0 amide bonds. The van der Waals surface area contributed by atoms with Crippen LogP contribution in [0.1, 0.15) is 5.56 Å². The van der Waals surface area contributed by atoms with Crippen molar-refractivity contribution in [2.24, 2.45) is 0 Å². The summed E-state index contributed by atoms with van der Waals surface area (Å²) in [4.78, 5) is 0. The van der Waals surface area contributed by atoms with Gasteiger partial charge >= 0.3 is 0 Å². The molecule has 0 heteroatoms. The van der Waals surface area contributed by atoms with Crippen molar-refractivity contribution in [3.05, 3.63) is 115 Å². The Balaban J connectivity index is 1.91. The van der Waals surface area contributed by atoms with Crippen molar-refractivity contribution in [3.63, 3.8) is 0 Å². The second kappa shape index (κ2) is 7.25. The summed E-state index contributed by atoms with van der Waals surface area (Å²) < 4.78 is 0. The lowest BCUT2D eigenvalue weighted by atomic mass is 9.91. The fraction of sp³-hybridized carbons (Fsp3) is 0. The zero-order valence-corrected chi connectivity index (χ0v) is 14.6. The second-order valence-electron chi connectivity index (χ2n) is 6.33. The molecule has 0 spiro atoms. The van der Waals surface area contributed by atoms with E-state index >= 15 is 0 Å². The van der Waals surface area contributed by atoms with Gasteiger partial charge in [0.05, 0.1) is 0 Å². The van der Waals surface area contributed by atoms with Crippen molar-refractivity contribution in [1.29, 1.82) is 0 Å². The molecule has 0 saturated heterocycles. The minimum Gasteiger partial charge on any atom is -0.0985 e. The van der Waals surface area contributed by atoms with E-state index in [1.807, 2.05) is 12.1 Å². The summed E-state index contributed by atoms with van der Waals surface area (Å²) in [6.45, 7) is 3.98. The lowest BCUT2D eigenvalue weighted by Crippen LogP contribution is -1.88. The number of hydrogen-bond donors (Lipinski definition) is 0. The van der Waals surface area contributed by atoms with Crippen LogP contribution in [0.2, 0.25) is 0 Å². The van der Waals surface area contributed by atoms with Crippen LogP contribution >= 0.6 is 0 Å². The Morgan fingerprint density at radius 2 is 0.962 bits per heavy atom. The number of benzene rings is 4. The van der Waals surface area contributed by atoms with Crippen LogP contribution in [-0.4, -0.2) is 0 Å². The molecular weight excluding hydrogens is 312 g/mol. The standard InChI is InChI=1S/C26H20/c1-2-20-17-23(21-11-5-3-6-12-21)19-24(18-20)26-16-10-9-15-25(26)22-13-7-4-8-14-22/h2-19H,1H2. The van der Waals surface area contributed by atoms with E-state index in [-0.39, 0.29) is 0 Å². The molecule has 0 heterocycles. The highest BCUT2D eigenvalue weighted by Gasteiger charge is 2.09. The Labute approximate surface area is 155 Å². The third-order valence-electron chi connectivity index (χ3n) is 4.62. The third-order valence-corrected chi connectivity index (χ3v) is 4.62. The summed E-state index contributed by atoms with van der Waals surface area (Å²) in [6, 6.07) is 36.3. The van der Waals surface area contributed by atoms with E-state index in [0.29, 0.717) is 0 Å². The van der Waals surface area contributed by atoms with E-state index < -0.39 is 0 Å². The lowest BCUT2D eigenvalue weighted by Gasteiger charge is -2.13. The van der Waals surface area contributed by atoms with E-state index in [1.165, 1.54) is 33.4 Å². The van der Waals surface area contributed by atoms with E-state index in [1.54, 1.807) is 0 Å². The molecule has 0 aliphatic carbocycles. The fourth-order valence-corrected chi connectivity index (χ4v) is 3.33. The fourth-order valence-electron chi connectivity index (χ4n) is 3.33. The maximum Gasteiger partial charge on any atom is -0.0105 e. The summed E-state index contributed by atoms with van der Waals surface area (Å²) in [5.41, 5.74) is 8.47. The summed E-state index contributed by atoms with van der Waals surface area (Å²) in [7, 11) is 0. The maximum absolute atomic E-state index is 3.98. The smallest absolute Gasteiger partial charge is 0.0105 e. The van der Waals surface area contributed by atoms with Gasteiger partial charge in [-0.2, -0.15) is 0 Å². The normalized spacial score (nSPS) is 10.5. The van der Waals surface area contributed by atoms with Gasteiger partial charge in [-0.05, 0) is 57.1 Å². The van der Waals surface area contributed by atoms with Crippen LogP contribution in [0.3, 0.4) is 0 Å². The van der Waals surface area contributed by atoms with E-state index in [4.69, 9.17) is 0 Å². The molecule has 0 bridgehead atoms. The quantitative estimate of drug-likeness (QED) is 0.367. The SMILES string of the molecule is C=Cc1cc(-c2ccccc2)cc(-c2ccccc2-c2ccccc2)c1. The summed E-state index contributed by atoms with van der Waals surface area (Å²) in [5, 5.41) is 0. The Morgan fingerprint density at radius 3 is 1.58 bits per heavy atom. The topological polar surface area (TPSA) is 0 Å². The Bertz CT molecular complexity index is 1030. The largest absolute Gasteiger partial charge is 0.0985 e. The predicted octanol–water partition coefficient (Wildman–Crippen LogP) is 7.33. The van der Waals surface area contributed by atoms with Gasteiger partial charge in [-0.15, -0.1) is 0 Å². The first-order chi connectivity index (χ1) is 12.8. The molecular formula is C26H20. The van der Waals surface area contributed by atoms with Crippen molar-refractivity contribution in [3.8, 4) is 33.4 Å². The molecule has 0 aromatic heterocycles. The predicted molar refractivity (Wildman–Crippen MR) is 113 cm³/mol. The van der Waals surface area contributed by atoms with Gasteiger partial charge in [-0.3, -0.25) is 0 Å².